The second kappa shape index (κ2) is 9.58. The topological polar surface area (TPSA) is 104 Å². The van der Waals surface area contributed by atoms with Crippen LogP contribution in [0.15, 0.2) is 23.2 Å². The first-order valence-corrected chi connectivity index (χ1v) is 9.13. The fourth-order valence-corrected chi connectivity index (χ4v) is 2.94. The Morgan fingerprint density at radius 1 is 1.46 bits per heavy atom. The van der Waals surface area contributed by atoms with Gasteiger partial charge in [-0.05, 0) is 19.1 Å². The molecule has 1 fully saturated rings. The lowest BCUT2D eigenvalue weighted by Crippen LogP contribution is -2.46. The third-order valence-corrected chi connectivity index (χ3v) is 4.27. The van der Waals surface area contributed by atoms with Crippen LogP contribution in [0.25, 0.3) is 10.9 Å². The smallest absolute Gasteiger partial charge is 0.240 e. The molecule has 1 aliphatic rings. The molecule has 2 aromatic rings. The predicted octanol–water partition coefficient (Wildman–Crippen LogP) is 0.953. The molecule has 10 heteroatoms. The van der Waals surface area contributed by atoms with Crippen LogP contribution >= 0.6 is 0 Å². The van der Waals surface area contributed by atoms with Gasteiger partial charge in [-0.25, -0.2) is 9.38 Å². The molecular formula is C18H25FN6O3. The van der Waals surface area contributed by atoms with Crippen molar-refractivity contribution >= 4 is 28.6 Å². The summed E-state index contributed by atoms with van der Waals surface area (Å²) in [6, 6.07) is 4.48. The van der Waals surface area contributed by atoms with E-state index in [9.17, 15) is 9.18 Å². The summed E-state index contributed by atoms with van der Waals surface area (Å²) in [6.45, 7) is 5.12. The molecule has 3 N–H and O–H groups in total. The van der Waals surface area contributed by atoms with E-state index in [0.29, 0.717) is 44.1 Å². The number of para-hydroxylation sites is 1. The molecule has 0 spiro atoms. The number of ether oxygens (including phenoxy) is 2. The highest BCUT2D eigenvalue weighted by molar-refractivity contribution is 6.07. The van der Waals surface area contributed by atoms with E-state index < -0.39 is 5.82 Å². The van der Waals surface area contributed by atoms with Crippen molar-refractivity contribution in [2.24, 2.45) is 4.99 Å². The van der Waals surface area contributed by atoms with Gasteiger partial charge in [-0.3, -0.25) is 20.1 Å². The van der Waals surface area contributed by atoms with E-state index in [1.54, 1.807) is 19.2 Å². The molecule has 0 bridgehead atoms. The van der Waals surface area contributed by atoms with Crippen LogP contribution in [0.3, 0.4) is 0 Å². The van der Waals surface area contributed by atoms with E-state index in [-0.39, 0.29) is 30.0 Å². The maximum atomic E-state index is 13.9. The fourth-order valence-electron chi connectivity index (χ4n) is 2.94. The highest BCUT2D eigenvalue weighted by atomic mass is 19.1. The number of H-pyrrole nitrogens is 1. The lowest BCUT2D eigenvalue weighted by molar-refractivity contribution is -0.121. The number of aromatic nitrogens is 2. The number of carbonyl (C=O) groups excluding carboxylic acids is 1. The van der Waals surface area contributed by atoms with Crippen LogP contribution in [0.1, 0.15) is 6.92 Å². The van der Waals surface area contributed by atoms with Gasteiger partial charge in [-0.1, -0.05) is 6.07 Å². The van der Waals surface area contributed by atoms with Gasteiger partial charge >= 0.3 is 0 Å². The van der Waals surface area contributed by atoms with Gasteiger partial charge in [0.2, 0.25) is 11.9 Å². The maximum Gasteiger partial charge on any atom is 0.240 e. The van der Waals surface area contributed by atoms with Crippen LogP contribution in [0.2, 0.25) is 0 Å². The Bertz CT molecular complexity index is 834. The normalized spacial score (nSPS) is 16.9. The van der Waals surface area contributed by atoms with E-state index in [4.69, 9.17) is 9.47 Å². The van der Waals surface area contributed by atoms with Crippen molar-refractivity contribution in [2.75, 3.05) is 51.9 Å². The molecule has 28 heavy (non-hydrogen) atoms. The number of guanidine groups is 1. The van der Waals surface area contributed by atoms with Crippen molar-refractivity contribution in [3.63, 3.8) is 0 Å². The molecule has 1 amide bonds. The molecule has 1 aliphatic heterocycles. The van der Waals surface area contributed by atoms with E-state index in [1.807, 2.05) is 11.8 Å². The Morgan fingerprint density at radius 2 is 2.25 bits per heavy atom. The van der Waals surface area contributed by atoms with Crippen molar-refractivity contribution < 1.29 is 18.7 Å². The quantitative estimate of drug-likeness (QED) is 0.500. The van der Waals surface area contributed by atoms with Crippen LogP contribution in [0, 0.1) is 5.82 Å². The number of nitrogens with zero attached hydrogens (tertiary/aromatic N) is 3. The SMILES string of the molecule is COCC(C)N=C(NC(=O)CN1CCOCC1)Nc1n[nH]c2c(F)cccc12. The summed E-state index contributed by atoms with van der Waals surface area (Å²) in [6.07, 6.45) is 0. The monoisotopic (exact) mass is 392 g/mol. The number of aromatic amines is 1. The number of anilines is 1. The van der Waals surface area contributed by atoms with Gasteiger partial charge in [0.15, 0.2) is 5.82 Å². The third-order valence-electron chi connectivity index (χ3n) is 4.27. The molecule has 0 aliphatic carbocycles. The molecule has 0 radical (unpaired) electrons. The molecule has 2 heterocycles. The van der Waals surface area contributed by atoms with Gasteiger partial charge in [-0.2, -0.15) is 5.10 Å². The summed E-state index contributed by atoms with van der Waals surface area (Å²) in [7, 11) is 1.58. The van der Waals surface area contributed by atoms with Crippen LogP contribution in [0.4, 0.5) is 10.2 Å². The summed E-state index contributed by atoms with van der Waals surface area (Å²) < 4.78 is 24.3. The molecule has 1 aromatic heterocycles. The summed E-state index contributed by atoms with van der Waals surface area (Å²) >= 11 is 0. The van der Waals surface area contributed by atoms with Gasteiger partial charge in [-0.15, -0.1) is 0 Å². The molecule has 1 atom stereocenters. The van der Waals surface area contributed by atoms with E-state index in [0.717, 1.165) is 0 Å². The number of hydrogen-bond donors (Lipinski definition) is 3. The number of amides is 1. The zero-order valence-electron chi connectivity index (χ0n) is 16.0. The molecular weight excluding hydrogens is 367 g/mol. The number of fused-ring (bicyclic) bond motifs is 1. The van der Waals surface area contributed by atoms with Gasteiger partial charge in [0.25, 0.3) is 0 Å². The third kappa shape index (κ3) is 5.24. The Balaban J connectivity index is 1.74. The number of methoxy groups -OCH3 is 1. The Labute approximate surface area is 162 Å². The number of nitrogens with one attached hydrogen (secondary N) is 3. The fraction of sp³-hybridized carbons (Fsp3) is 0.500. The van der Waals surface area contributed by atoms with Crippen LogP contribution in [-0.2, 0) is 14.3 Å². The molecule has 0 saturated carbocycles. The van der Waals surface area contributed by atoms with Gasteiger partial charge in [0, 0.05) is 25.6 Å². The lowest BCUT2D eigenvalue weighted by Gasteiger charge is -2.26. The number of hydrogen-bond acceptors (Lipinski definition) is 6. The number of rotatable bonds is 6. The highest BCUT2D eigenvalue weighted by Crippen LogP contribution is 2.22. The highest BCUT2D eigenvalue weighted by Gasteiger charge is 2.17. The van der Waals surface area contributed by atoms with Crippen LogP contribution < -0.4 is 10.6 Å². The number of morpholine rings is 1. The second-order valence-electron chi connectivity index (χ2n) is 6.58. The predicted molar refractivity (Wildman–Crippen MR) is 104 cm³/mol. The zero-order valence-corrected chi connectivity index (χ0v) is 16.0. The van der Waals surface area contributed by atoms with Gasteiger partial charge in [0.1, 0.15) is 11.3 Å². The number of carbonyl (C=O) groups is 1. The lowest BCUT2D eigenvalue weighted by atomic mass is 10.2. The molecule has 9 nitrogen and oxygen atoms in total. The average Bonchev–Trinajstić information content (AvgIpc) is 3.07. The van der Waals surface area contributed by atoms with Crippen LogP contribution in [0.5, 0.6) is 0 Å². The first-order chi connectivity index (χ1) is 13.6. The maximum absolute atomic E-state index is 13.9. The zero-order chi connectivity index (χ0) is 19.9. The number of benzene rings is 1. The molecule has 3 rings (SSSR count). The van der Waals surface area contributed by atoms with Crippen LogP contribution in [-0.4, -0.2) is 79.6 Å². The van der Waals surface area contributed by atoms with Gasteiger partial charge in [0.05, 0.1) is 32.4 Å². The van der Waals surface area contributed by atoms with E-state index in [1.165, 1.54) is 6.07 Å². The molecule has 1 saturated heterocycles. The minimum atomic E-state index is -0.402. The van der Waals surface area contributed by atoms with E-state index in [2.05, 4.69) is 25.8 Å². The molecule has 1 aromatic carbocycles. The largest absolute Gasteiger partial charge is 0.382 e. The van der Waals surface area contributed by atoms with E-state index >= 15 is 0 Å². The summed E-state index contributed by atoms with van der Waals surface area (Å²) in [5.41, 5.74) is 0.286. The average molecular weight is 392 g/mol. The first kappa shape index (κ1) is 20.2. The molecule has 1 unspecified atom stereocenters. The minimum Gasteiger partial charge on any atom is -0.382 e. The minimum absolute atomic E-state index is 0.196. The summed E-state index contributed by atoms with van der Waals surface area (Å²) in [4.78, 5) is 18.9. The van der Waals surface area contributed by atoms with Gasteiger partial charge < -0.3 is 14.8 Å². The number of aliphatic imine (C=N–C) groups is 1. The summed E-state index contributed by atoms with van der Waals surface area (Å²) in [5, 5.41) is 13.1. The first-order valence-electron chi connectivity index (χ1n) is 9.13. The van der Waals surface area contributed by atoms with Crippen molar-refractivity contribution in [3.05, 3.63) is 24.0 Å². The summed E-state index contributed by atoms with van der Waals surface area (Å²) in [5.74, 6) is 0.00874. The van der Waals surface area contributed by atoms with Crippen molar-refractivity contribution in [1.29, 1.82) is 0 Å². The number of halogens is 1. The Hall–Kier alpha value is -2.56. The Kier molecular flexibility index (Phi) is 6.90. The van der Waals surface area contributed by atoms with Crippen molar-refractivity contribution in [3.8, 4) is 0 Å². The Morgan fingerprint density at radius 3 is 3.00 bits per heavy atom. The molecule has 152 valence electrons. The van der Waals surface area contributed by atoms with Crippen molar-refractivity contribution in [1.82, 2.24) is 20.4 Å². The standard InChI is InChI=1S/C18H25FN6O3/c1-12(11-27-2)20-18(21-15(26)10-25-6-8-28-9-7-25)22-17-13-4-3-5-14(19)16(13)23-24-17/h3-5,12H,6-11H2,1-2H3,(H3,20,21,22,23,24,26). The second-order valence-corrected chi connectivity index (χ2v) is 6.58. The van der Waals surface area contributed by atoms with Crippen molar-refractivity contribution in [2.45, 2.75) is 13.0 Å².